The average molecular weight is 305 g/mol. The van der Waals surface area contributed by atoms with Crippen LogP contribution in [0.2, 0.25) is 0 Å². The minimum Gasteiger partial charge on any atom is -0.331 e. The van der Waals surface area contributed by atoms with E-state index >= 15 is 0 Å². The number of rotatable bonds is 4. The van der Waals surface area contributed by atoms with Crippen LogP contribution in [0, 0.1) is 17.5 Å². The maximum Gasteiger partial charge on any atom is 0.254 e. The van der Waals surface area contributed by atoms with Gasteiger partial charge in [0.15, 0.2) is 0 Å². The second-order valence-corrected chi connectivity index (χ2v) is 5.41. The number of hydrogen-bond acceptors (Lipinski definition) is 1. The monoisotopic (exact) mass is 305 g/mol. The second kappa shape index (κ2) is 5.83. The van der Waals surface area contributed by atoms with Crippen LogP contribution < -0.4 is 0 Å². The van der Waals surface area contributed by atoms with Crippen LogP contribution in [0.25, 0.3) is 0 Å². The number of hydrogen-bond donors (Lipinski definition) is 0. The quantitative estimate of drug-likeness (QED) is 0.838. The highest BCUT2D eigenvalue weighted by Gasteiger charge is 2.33. The zero-order valence-corrected chi connectivity index (χ0v) is 11.7. The van der Waals surface area contributed by atoms with Crippen molar-refractivity contribution in [2.45, 2.75) is 25.4 Å². The van der Waals surface area contributed by atoms with E-state index in [2.05, 4.69) is 0 Å². The van der Waals surface area contributed by atoms with Gasteiger partial charge in [0.2, 0.25) is 0 Å². The molecule has 0 saturated heterocycles. The number of amides is 1. The highest BCUT2D eigenvalue weighted by Crippen LogP contribution is 2.30. The molecule has 0 bridgehead atoms. The lowest BCUT2D eigenvalue weighted by Crippen LogP contribution is -2.33. The lowest BCUT2D eigenvalue weighted by molar-refractivity contribution is 0.0727. The van der Waals surface area contributed by atoms with Crippen molar-refractivity contribution in [3.63, 3.8) is 0 Å². The van der Waals surface area contributed by atoms with E-state index in [4.69, 9.17) is 0 Å². The fourth-order valence-electron chi connectivity index (χ4n) is 2.41. The largest absolute Gasteiger partial charge is 0.331 e. The fraction of sp³-hybridized carbons (Fsp3) is 0.235. The van der Waals surface area contributed by atoms with Gasteiger partial charge in [-0.05, 0) is 31.0 Å². The molecule has 0 N–H and O–H groups in total. The Bertz CT molecular complexity index is 693. The van der Waals surface area contributed by atoms with Crippen molar-refractivity contribution in [3.8, 4) is 0 Å². The summed E-state index contributed by atoms with van der Waals surface area (Å²) < 4.78 is 40.3. The first-order valence-electron chi connectivity index (χ1n) is 7.05. The van der Waals surface area contributed by atoms with Crippen molar-refractivity contribution in [1.29, 1.82) is 0 Å². The van der Waals surface area contributed by atoms with E-state index in [1.807, 2.05) is 0 Å². The van der Waals surface area contributed by atoms with Crippen molar-refractivity contribution < 1.29 is 18.0 Å². The van der Waals surface area contributed by atoms with Crippen molar-refractivity contribution in [2.75, 3.05) is 0 Å². The number of nitrogens with zero attached hydrogens (tertiary/aromatic N) is 1. The Labute approximate surface area is 126 Å². The van der Waals surface area contributed by atoms with E-state index in [0.29, 0.717) is 5.56 Å². The topological polar surface area (TPSA) is 20.3 Å². The van der Waals surface area contributed by atoms with Crippen molar-refractivity contribution in [1.82, 2.24) is 4.90 Å². The third-order valence-corrected chi connectivity index (χ3v) is 3.66. The molecule has 0 aliphatic heterocycles. The van der Waals surface area contributed by atoms with E-state index in [1.165, 1.54) is 11.0 Å². The van der Waals surface area contributed by atoms with Gasteiger partial charge in [-0.1, -0.05) is 18.2 Å². The first-order chi connectivity index (χ1) is 10.5. The normalized spacial score (nSPS) is 14.0. The SMILES string of the molecule is O=C(c1cc(F)cc(F)c1)N(Cc1ccccc1F)C1CC1. The number of halogens is 3. The molecule has 1 amide bonds. The number of benzene rings is 2. The Hall–Kier alpha value is -2.30. The van der Waals surface area contributed by atoms with Gasteiger partial charge in [0.1, 0.15) is 17.5 Å². The Balaban J connectivity index is 1.88. The first-order valence-corrected chi connectivity index (χ1v) is 7.05. The molecule has 1 aliphatic rings. The molecule has 1 fully saturated rings. The van der Waals surface area contributed by atoms with Crippen LogP contribution >= 0.6 is 0 Å². The number of carbonyl (C=O) groups excluding carboxylic acids is 1. The summed E-state index contributed by atoms with van der Waals surface area (Å²) >= 11 is 0. The van der Waals surface area contributed by atoms with E-state index in [9.17, 15) is 18.0 Å². The number of carbonyl (C=O) groups is 1. The van der Waals surface area contributed by atoms with Gasteiger partial charge in [-0.3, -0.25) is 4.79 Å². The maximum atomic E-state index is 13.8. The minimum absolute atomic E-state index is 0.00145. The van der Waals surface area contributed by atoms with E-state index in [-0.39, 0.29) is 18.2 Å². The summed E-state index contributed by atoms with van der Waals surface area (Å²) in [5.74, 6) is -2.48. The van der Waals surface area contributed by atoms with Crippen LogP contribution in [0.5, 0.6) is 0 Å². The van der Waals surface area contributed by atoms with Crippen molar-refractivity contribution in [2.24, 2.45) is 0 Å². The second-order valence-electron chi connectivity index (χ2n) is 5.41. The van der Waals surface area contributed by atoms with Crippen LogP contribution in [0.3, 0.4) is 0 Å². The molecule has 1 aliphatic carbocycles. The molecule has 3 rings (SSSR count). The molecule has 5 heteroatoms. The smallest absolute Gasteiger partial charge is 0.254 e. The third kappa shape index (κ3) is 3.13. The van der Waals surface area contributed by atoms with Crippen molar-refractivity contribution in [3.05, 3.63) is 71.0 Å². The lowest BCUT2D eigenvalue weighted by atomic mass is 10.1. The molecule has 0 unspecified atom stereocenters. The van der Waals surface area contributed by atoms with Crippen LogP contribution in [0.1, 0.15) is 28.8 Å². The molecule has 2 nitrogen and oxygen atoms in total. The summed E-state index contributed by atoms with van der Waals surface area (Å²) in [6.07, 6.45) is 1.63. The molecule has 2 aromatic rings. The predicted octanol–water partition coefficient (Wildman–Crippen LogP) is 3.91. The summed E-state index contributed by atoms with van der Waals surface area (Å²) in [7, 11) is 0. The molecule has 22 heavy (non-hydrogen) atoms. The fourth-order valence-corrected chi connectivity index (χ4v) is 2.41. The zero-order valence-electron chi connectivity index (χ0n) is 11.7. The van der Waals surface area contributed by atoms with E-state index in [0.717, 1.165) is 31.0 Å². The third-order valence-electron chi connectivity index (χ3n) is 3.66. The minimum atomic E-state index is -0.801. The molecule has 0 atom stereocenters. The Kier molecular flexibility index (Phi) is 3.88. The van der Waals surface area contributed by atoms with Gasteiger partial charge < -0.3 is 4.90 Å². The van der Waals surface area contributed by atoms with Gasteiger partial charge in [0.25, 0.3) is 5.91 Å². The average Bonchev–Trinajstić information content (AvgIpc) is 3.29. The molecule has 0 radical (unpaired) electrons. The summed E-state index contributed by atoms with van der Waals surface area (Å²) in [4.78, 5) is 14.0. The van der Waals surface area contributed by atoms with Crippen molar-refractivity contribution >= 4 is 5.91 Å². The van der Waals surface area contributed by atoms with Crippen LogP contribution in [-0.4, -0.2) is 16.8 Å². The van der Waals surface area contributed by atoms with Gasteiger partial charge in [-0.15, -0.1) is 0 Å². The summed E-state index contributed by atoms with van der Waals surface area (Å²) in [5.41, 5.74) is 0.334. The zero-order chi connectivity index (χ0) is 15.7. The molecule has 1 saturated carbocycles. The Morgan fingerprint density at radius 2 is 1.68 bits per heavy atom. The van der Waals surface area contributed by atoms with Gasteiger partial charge >= 0.3 is 0 Å². The van der Waals surface area contributed by atoms with E-state index < -0.39 is 23.4 Å². The highest BCUT2D eigenvalue weighted by molar-refractivity contribution is 5.94. The molecular formula is C17H14F3NO. The standard InChI is InChI=1S/C17H14F3NO/c18-13-7-12(8-14(19)9-13)17(22)21(15-5-6-15)10-11-3-1-2-4-16(11)20/h1-4,7-9,15H,5-6,10H2. The van der Waals surface area contributed by atoms with Crippen LogP contribution in [0.4, 0.5) is 13.2 Å². The Morgan fingerprint density at radius 1 is 1.05 bits per heavy atom. The summed E-state index contributed by atoms with van der Waals surface area (Å²) in [6, 6.07) is 8.91. The van der Waals surface area contributed by atoms with Crippen LogP contribution in [0.15, 0.2) is 42.5 Å². The molecule has 0 heterocycles. The van der Waals surface area contributed by atoms with Gasteiger partial charge in [-0.2, -0.15) is 0 Å². The van der Waals surface area contributed by atoms with Gasteiger partial charge in [0.05, 0.1) is 0 Å². The predicted molar refractivity (Wildman–Crippen MR) is 75.7 cm³/mol. The van der Waals surface area contributed by atoms with E-state index in [1.54, 1.807) is 18.2 Å². The molecule has 0 spiro atoms. The summed E-state index contributed by atoms with van der Waals surface area (Å²) in [6.45, 7) is 0.0916. The molecular weight excluding hydrogens is 291 g/mol. The molecule has 2 aromatic carbocycles. The molecule has 0 aromatic heterocycles. The lowest BCUT2D eigenvalue weighted by Gasteiger charge is -2.23. The van der Waals surface area contributed by atoms with Crippen LogP contribution in [-0.2, 0) is 6.54 Å². The Morgan fingerprint density at radius 3 is 2.27 bits per heavy atom. The van der Waals surface area contributed by atoms with Gasteiger partial charge in [0, 0.05) is 29.8 Å². The molecule has 114 valence electrons. The highest BCUT2D eigenvalue weighted by atomic mass is 19.1. The maximum absolute atomic E-state index is 13.8. The summed E-state index contributed by atoms with van der Waals surface area (Å²) in [5, 5.41) is 0. The van der Waals surface area contributed by atoms with Gasteiger partial charge in [-0.25, -0.2) is 13.2 Å². The first kappa shape index (κ1) is 14.6.